The molecular weight excluding hydrogens is 238 g/mol. The Bertz CT molecular complexity index is 467. The molecule has 1 saturated heterocycles. The molecule has 0 aromatic carbocycles. The highest BCUT2D eigenvalue weighted by Crippen LogP contribution is 2.21. The fourth-order valence-electron chi connectivity index (χ4n) is 2.07. The van der Waals surface area contributed by atoms with Gasteiger partial charge in [-0.05, 0) is 13.0 Å². The fourth-order valence-corrected chi connectivity index (χ4v) is 2.07. The maximum atomic E-state index is 12.1. The maximum absolute atomic E-state index is 12.1. The first-order chi connectivity index (χ1) is 8.50. The largest absolute Gasteiger partial charge is 0.481 e. The van der Waals surface area contributed by atoms with Crippen LogP contribution in [0.4, 0.5) is 0 Å². The van der Waals surface area contributed by atoms with Crippen LogP contribution in [0, 0.1) is 12.8 Å². The molecule has 1 amide bonds. The van der Waals surface area contributed by atoms with E-state index >= 15 is 0 Å². The van der Waals surface area contributed by atoms with Crippen molar-refractivity contribution >= 4 is 11.9 Å². The number of aliphatic carboxylic acids is 1. The van der Waals surface area contributed by atoms with E-state index in [0.29, 0.717) is 11.3 Å². The van der Waals surface area contributed by atoms with Crippen molar-refractivity contribution in [1.29, 1.82) is 0 Å². The predicted octanol–water partition coefficient (Wildman–Crippen LogP) is 0.760. The normalized spacial score (nSPS) is 23.0. The molecule has 0 aliphatic carbocycles. The third-order valence-electron chi connectivity index (χ3n) is 3.16. The van der Waals surface area contributed by atoms with Crippen molar-refractivity contribution in [3.8, 4) is 0 Å². The van der Waals surface area contributed by atoms with Gasteiger partial charge >= 0.3 is 5.97 Å². The third kappa shape index (κ3) is 2.24. The molecule has 98 valence electrons. The Morgan fingerprint density at radius 2 is 2.17 bits per heavy atom. The van der Waals surface area contributed by atoms with Crippen LogP contribution in [0.15, 0.2) is 16.7 Å². The molecule has 1 N–H and O–H groups in total. The van der Waals surface area contributed by atoms with Crippen molar-refractivity contribution in [1.82, 2.24) is 4.90 Å². The molecule has 2 unspecified atom stereocenters. The first kappa shape index (κ1) is 12.6. The van der Waals surface area contributed by atoms with Gasteiger partial charge in [0, 0.05) is 7.05 Å². The van der Waals surface area contributed by atoms with Gasteiger partial charge in [-0.1, -0.05) is 0 Å². The minimum absolute atomic E-state index is 0.141. The number of hydrogen-bond acceptors (Lipinski definition) is 4. The summed E-state index contributed by atoms with van der Waals surface area (Å²) in [4.78, 5) is 24.6. The molecule has 0 bridgehead atoms. The highest BCUT2D eigenvalue weighted by atomic mass is 16.5. The van der Waals surface area contributed by atoms with E-state index in [2.05, 4.69) is 0 Å². The SMILES string of the molecule is Cc1cc(C(=O)N(C)C2COCC2C(=O)O)co1. The monoisotopic (exact) mass is 253 g/mol. The first-order valence-corrected chi connectivity index (χ1v) is 5.63. The maximum Gasteiger partial charge on any atom is 0.311 e. The van der Waals surface area contributed by atoms with Crippen LogP contribution in [0.5, 0.6) is 0 Å². The lowest BCUT2D eigenvalue weighted by molar-refractivity contribution is -0.142. The second-order valence-corrected chi connectivity index (χ2v) is 4.41. The minimum Gasteiger partial charge on any atom is -0.481 e. The standard InChI is InChI=1S/C12H15NO5/c1-7-3-8(4-18-7)11(14)13(2)10-6-17-5-9(10)12(15)16/h3-4,9-10H,5-6H2,1-2H3,(H,15,16). The molecule has 1 aromatic rings. The second kappa shape index (κ2) is 4.81. The Labute approximate surface area is 104 Å². The van der Waals surface area contributed by atoms with Gasteiger partial charge in [-0.15, -0.1) is 0 Å². The molecule has 2 rings (SSSR count). The molecule has 0 radical (unpaired) electrons. The number of carbonyl (C=O) groups excluding carboxylic acids is 1. The number of rotatable bonds is 3. The molecule has 1 aliphatic rings. The van der Waals surface area contributed by atoms with Crippen LogP contribution in [-0.4, -0.2) is 48.2 Å². The summed E-state index contributed by atoms with van der Waals surface area (Å²) in [5.74, 6) is -1.23. The molecule has 1 aromatic heterocycles. The van der Waals surface area contributed by atoms with Gasteiger partial charge in [0.15, 0.2) is 0 Å². The molecule has 1 aliphatic heterocycles. The average Bonchev–Trinajstić information content (AvgIpc) is 2.95. The van der Waals surface area contributed by atoms with Gasteiger partial charge in [0.2, 0.25) is 0 Å². The molecule has 6 nitrogen and oxygen atoms in total. The molecule has 18 heavy (non-hydrogen) atoms. The summed E-state index contributed by atoms with van der Waals surface area (Å²) in [6.07, 6.45) is 1.37. The Balaban J connectivity index is 2.13. The molecule has 1 fully saturated rings. The number of carbonyl (C=O) groups is 2. The topological polar surface area (TPSA) is 80.0 Å². The highest BCUT2D eigenvalue weighted by molar-refractivity contribution is 5.94. The van der Waals surface area contributed by atoms with Gasteiger partial charge in [0.05, 0.1) is 24.8 Å². The number of furan rings is 1. The van der Waals surface area contributed by atoms with E-state index in [1.807, 2.05) is 0 Å². The fraction of sp³-hybridized carbons (Fsp3) is 0.500. The van der Waals surface area contributed by atoms with Crippen molar-refractivity contribution in [3.63, 3.8) is 0 Å². The van der Waals surface area contributed by atoms with E-state index in [0.717, 1.165) is 0 Å². The third-order valence-corrected chi connectivity index (χ3v) is 3.16. The zero-order chi connectivity index (χ0) is 13.3. The molecule has 0 spiro atoms. The summed E-state index contributed by atoms with van der Waals surface area (Å²) < 4.78 is 10.2. The van der Waals surface area contributed by atoms with Crippen LogP contribution in [0.2, 0.25) is 0 Å². The number of nitrogens with zero attached hydrogens (tertiary/aromatic N) is 1. The number of carboxylic acid groups (broad SMARTS) is 1. The molecule has 2 heterocycles. The Hall–Kier alpha value is -1.82. The summed E-state index contributed by atoms with van der Waals surface area (Å²) in [6, 6.07) is 1.19. The van der Waals surface area contributed by atoms with Crippen LogP contribution < -0.4 is 0 Å². The van der Waals surface area contributed by atoms with Gasteiger partial charge in [-0.3, -0.25) is 9.59 Å². The van der Waals surface area contributed by atoms with E-state index < -0.39 is 17.9 Å². The van der Waals surface area contributed by atoms with Crippen molar-refractivity contribution in [2.75, 3.05) is 20.3 Å². The van der Waals surface area contributed by atoms with Gasteiger partial charge < -0.3 is 19.2 Å². The zero-order valence-electron chi connectivity index (χ0n) is 10.3. The van der Waals surface area contributed by atoms with Gasteiger partial charge in [0.1, 0.15) is 17.9 Å². The van der Waals surface area contributed by atoms with Crippen LogP contribution >= 0.6 is 0 Å². The Morgan fingerprint density at radius 3 is 2.72 bits per heavy atom. The number of amides is 1. The lowest BCUT2D eigenvalue weighted by Crippen LogP contribution is -2.44. The molecule has 6 heteroatoms. The van der Waals surface area contributed by atoms with E-state index in [9.17, 15) is 9.59 Å². The van der Waals surface area contributed by atoms with Crippen LogP contribution in [0.25, 0.3) is 0 Å². The average molecular weight is 253 g/mol. The van der Waals surface area contributed by atoms with Crippen molar-refractivity contribution in [2.24, 2.45) is 5.92 Å². The van der Waals surface area contributed by atoms with Crippen LogP contribution in [0.3, 0.4) is 0 Å². The van der Waals surface area contributed by atoms with Crippen LogP contribution in [0.1, 0.15) is 16.1 Å². The van der Waals surface area contributed by atoms with E-state index in [1.54, 1.807) is 20.0 Å². The predicted molar refractivity (Wildman–Crippen MR) is 61.3 cm³/mol. The number of aryl methyl sites for hydroxylation is 1. The summed E-state index contributed by atoms with van der Waals surface area (Å²) in [7, 11) is 1.58. The van der Waals surface area contributed by atoms with E-state index in [4.69, 9.17) is 14.3 Å². The molecule has 0 saturated carbocycles. The lowest BCUT2D eigenvalue weighted by Gasteiger charge is -2.25. The van der Waals surface area contributed by atoms with Crippen molar-refractivity contribution in [3.05, 3.63) is 23.7 Å². The van der Waals surface area contributed by atoms with Crippen molar-refractivity contribution in [2.45, 2.75) is 13.0 Å². The van der Waals surface area contributed by atoms with Gasteiger partial charge in [-0.25, -0.2) is 0 Å². The summed E-state index contributed by atoms with van der Waals surface area (Å²) >= 11 is 0. The number of ether oxygens (including phenoxy) is 1. The molecule has 2 atom stereocenters. The van der Waals surface area contributed by atoms with E-state index in [1.165, 1.54) is 11.2 Å². The highest BCUT2D eigenvalue weighted by Gasteiger charge is 2.38. The number of carboxylic acids is 1. The van der Waals surface area contributed by atoms with Gasteiger partial charge in [-0.2, -0.15) is 0 Å². The second-order valence-electron chi connectivity index (χ2n) is 4.41. The van der Waals surface area contributed by atoms with E-state index in [-0.39, 0.29) is 19.1 Å². The Morgan fingerprint density at radius 1 is 1.44 bits per heavy atom. The summed E-state index contributed by atoms with van der Waals surface area (Å²) in [5, 5.41) is 9.05. The number of hydrogen-bond donors (Lipinski definition) is 1. The summed E-state index contributed by atoms with van der Waals surface area (Å²) in [5.41, 5.74) is 0.422. The van der Waals surface area contributed by atoms with Crippen molar-refractivity contribution < 1.29 is 23.8 Å². The smallest absolute Gasteiger partial charge is 0.311 e. The quantitative estimate of drug-likeness (QED) is 0.860. The van der Waals surface area contributed by atoms with Crippen LogP contribution in [-0.2, 0) is 9.53 Å². The zero-order valence-corrected chi connectivity index (χ0v) is 10.3. The van der Waals surface area contributed by atoms with Gasteiger partial charge in [0.25, 0.3) is 5.91 Å². The lowest BCUT2D eigenvalue weighted by atomic mass is 10.0. The number of likely N-dealkylation sites (N-methyl/N-ethyl adjacent to an activating group) is 1. The molecular formula is C12H15NO5. The minimum atomic E-state index is -0.944. The Kier molecular flexibility index (Phi) is 3.38. The summed E-state index contributed by atoms with van der Waals surface area (Å²) in [6.45, 7) is 2.13. The first-order valence-electron chi connectivity index (χ1n) is 5.63.